The zero-order chi connectivity index (χ0) is 9.14. The van der Waals surface area contributed by atoms with Crippen molar-refractivity contribution < 1.29 is 4.39 Å². The number of halogens is 1. The highest BCUT2D eigenvalue weighted by molar-refractivity contribution is 5.79. The lowest BCUT2D eigenvalue weighted by Gasteiger charge is -2.03. The Labute approximate surface area is 70.7 Å². The molecule has 0 bridgehead atoms. The number of nitrogens with two attached hydrogens (primary N) is 1. The van der Waals surface area contributed by atoms with Gasteiger partial charge in [-0.1, -0.05) is 18.2 Å². The van der Waals surface area contributed by atoms with E-state index in [-0.39, 0.29) is 18.1 Å². The van der Waals surface area contributed by atoms with E-state index in [4.69, 9.17) is 11.1 Å². The normalized spacial score (nSPS) is 9.83. The number of benzene rings is 1. The minimum atomic E-state index is -0.257. The molecule has 0 aliphatic carbocycles. The molecule has 64 valence electrons. The fraction of sp³-hybridized carbons (Fsp3) is 0.222. The van der Waals surface area contributed by atoms with Gasteiger partial charge in [-0.15, -0.1) is 0 Å². The Hall–Kier alpha value is -1.38. The maximum atomic E-state index is 13.2. The van der Waals surface area contributed by atoms with Crippen LogP contribution in [0.3, 0.4) is 0 Å². The molecule has 0 radical (unpaired) electrons. The molecule has 0 heterocycles. The molecular formula is C9H11FN2. The van der Waals surface area contributed by atoms with E-state index in [2.05, 4.69) is 0 Å². The first-order valence-electron chi connectivity index (χ1n) is 3.68. The number of hydrogen-bond donors (Lipinski definition) is 2. The molecule has 1 rings (SSSR count). The lowest BCUT2D eigenvalue weighted by molar-refractivity contribution is 0.606. The molecule has 2 nitrogen and oxygen atoms in total. The van der Waals surface area contributed by atoms with Crippen molar-refractivity contribution in [1.82, 2.24) is 0 Å². The molecule has 1 aromatic carbocycles. The highest BCUT2D eigenvalue weighted by atomic mass is 19.1. The van der Waals surface area contributed by atoms with Crippen LogP contribution in [-0.4, -0.2) is 5.84 Å². The monoisotopic (exact) mass is 166 g/mol. The largest absolute Gasteiger partial charge is 0.387 e. The van der Waals surface area contributed by atoms with Crippen molar-refractivity contribution in [2.75, 3.05) is 0 Å². The molecule has 0 fully saturated rings. The van der Waals surface area contributed by atoms with Crippen molar-refractivity contribution in [2.45, 2.75) is 13.3 Å². The first kappa shape index (κ1) is 8.71. The lowest BCUT2D eigenvalue weighted by Crippen LogP contribution is -2.13. The van der Waals surface area contributed by atoms with Gasteiger partial charge in [-0.05, 0) is 18.1 Å². The molecule has 0 amide bonds. The molecule has 0 atom stereocenters. The smallest absolute Gasteiger partial charge is 0.129 e. The zero-order valence-corrected chi connectivity index (χ0v) is 6.89. The first-order valence-corrected chi connectivity index (χ1v) is 3.68. The summed E-state index contributed by atoms with van der Waals surface area (Å²) in [6, 6.07) is 5.10. The SMILES string of the molecule is Cc1cccc(CC(=N)N)c1F. The number of hydrogen-bond acceptors (Lipinski definition) is 1. The van der Waals surface area contributed by atoms with Gasteiger partial charge in [-0.2, -0.15) is 0 Å². The number of nitrogens with one attached hydrogen (secondary N) is 1. The van der Waals surface area contributed by atoms with Gasteiger partial charge in [0.1, 0.15) is 5.82 Å². The first-order chi connectivity index (χ1) is 5.61. The Morgan fingerprint density at radius 3 is 2.83 bits per heavy atom. The summed E-state index contributed by atoms with van der Waals surface area (Å²) in [5, 5.41) is 7.01. The van der Waals surface area contributed by atoms with Crippen LogP contribution in [-0.2, 0) is 6.42 Å². The van der Waals surface area contributed by atoms with Crippen LogP contribution in [0.2, 0.25) is 0 Å². The van der Waals surface area contributed by atoms with Crippen molar-refractivity contribution in [1.29, 1.82) is 5.41 Å². The summed E-state index contributed by atoms with van der Waals surface area (Å²) in [7, 11) is 0. The van der Waals surface area contributed by atoms with E-state index in [0.29, 0.717) is 11.1 Å². The van der Waals surface area contributed by atoms with Crippen LogP contribution in [0.4, 0.5) is 4.39 Å². The van der Waals surface area contributed by atoms with Crippen LogP contribution in [0, 0.1) is 18.2 Å². The summed E-state index contributed by atoms with van der Waals surface area (Å²) in [4.78, 5) is 0. The van der Waals surface area contributed by atoms with Crippen LogP contribution >= 0.6 is 0 Å². The van der Waals surface area contributed by atoms with Crippen LogP contribution < -0.4 is 5.73 Å². The van der Waals surface area contributed by atoms with Crippen molar-refractivity contribution in [2.24, 2.45) is 5.73 Å². The molecule has 3 heteroatoms. The Balaban J connectivity index is 3.00. The van der Waals surface area contributed by atoms with Crippen molar-refractivity contribution in [3.05, 3.63) is 35.1 Å². The van der Waals surface area contributed by atoms with Gasteiger partial charge in [-0.3, -0.25) is 5.41 Å². The fourth-order valence-electron chi connectivity index (χ4n) is 1.05. The second kappa shape index (κ2) is 3.34. The molecule has 0 saturated carbocycles. The van der Waals surface area contributed by atoms with Gasteiger partial charge in [0.05, 0.1) is 5.84 Å². The van der Waals surface area contributed by atoms with Gasteiger partial charge in [0.2, 0.25) is 0 Å². The molecule has 0 saturated heterocycles. The average Bonchev–Trinajstić information content (AvgIpc) is 1.98. The van der Waals surface area contributed by atoms with E-state index in [1.165, 1.54) is 0 Å². The zero-order valence-electron chi connectivity index (χ0n) is 6.89. The highest BCUT2D eigenvalue weighted by Crippen LogP contribution is 2.11. The summed E-state index contributed by atoms with van der Waals surface area (Å²) < 4.78 is 13.2. The van der Waals surface area contributed by atoms with E-state index in [9.17, 15) is 4.39 Å². The topological polar surface area (TPSA) is 49.9 Å². The second-order valence-electron chi connectivity index (χ2n) is 2.75. The van der Waals surface area contributed by atoms with Crippen LogP contribution in [0.25, 0.3) is 0 Å². The third kappa shape index (κ3) is 1.81. The minimum absolute atomic E-state index is 0.0144. The third-order valence-electron chi connectivity index (χ3n) is 1.65. The summed E-state index contributed by atoms with van der Waals surface area (Å²) in [6.07, 6.45) is 0.188. The van der Waals surface area contributed by atoms with E-state index >= 15 is 0 Å². The number of rotatable bonds is 2. The molecule has 1 aromatic rings. The third-order valence-corrected chi connectivity index (χ3v) is 1.65. The molecule has 0 spiro atoms. The van der Waals surface area contributed by atoms with Crippen molar-refractivity contribution in [3.8, 4) is 0 Å². The maximum Gasteiger partial charge on any atom is 0.129 e. The van der Waals surface area contributed by atoms with E-state index in [1.54, 1.807) is 25.1 Å². The summed E-state index contributed by atoms with van der Waals surface area (Å²) in [5.74, 6) is -0.271. The Bertz CT molecular complexity index is 307. The standard InChI is InChI=1S/C9H11FN2/c1-6-3-2-4-7(9(6)10)5-8(11)12/h2-4H,5H2,1H3,(H3,11,12). The summed E-state index contributed by atoms with van der Waals surface area (Å²) in [5.41, 5.74) is 6.24. The second-order valence-corrected chi connectivity index (χ2v) is 2.75. The van der Waals surface area contributed by atoms with Gasteiger partial charge >= 0.3 is 0 Å². The molecule has 0 unspecified atom stereocenters. The quantitative estimate of drug-likeness (QED) is 0.509. The van der Waals surface area contributed by atoms with Crippen molar-refractivity contribution in [3.63, 3.8) is 0 Å². The van der Waals surface area contributed by atoms with Crippen molar-refractivity contribution >= 4 is 5.84 Å². The summed E-state index contributed by atoms with van der Waals surface area (Å²) >= 11 is 0. The number of amidine groups is 1. The molecule has 12 heavy (non-hydrogen) atoms. The highest BCUT2D eigenvalue weighted by Gasteiger charge is 2.04. The lowest BCUT2D eigenvalue weighted by atomic mass is 10.1. The van der Waals surface area contributed by atoms with E-state index in [0.717, 1.165) is 0 Å². The molecule has 0 aliphatic rings. The molecule has 0 aromatic heterocycles. The average molecular weight is 166 g/mol. The molecule has 0 aliphatic heterocycles. The molecular weight excluding hydrogens is 155 g/mol. The van der Waals surface area contributed by atoms with Gasteiger partial charge in [0, 0.05) is 6.42 Å². The van der Waals surface area contributed by atoms with Crippen LogP contribution in [0.5, 0.6) is 0 Å². The number of aryl methyl sites for hydroxylation is 1. The predicted octanol–water partition coefficient (Wildman–Crippen LogP) is 1.61. The van der Waals surface area contributed by atoms with Gasteiger partial charge in [-0.25, -0.2) is 4.39 Å². The van der Waals surface area contributed by atoms with Gasteiger partial charge < -0.3 is 5.73 Å². The Morgan fingerprint density at radius 1 is 1.58 bits per heavy atom. The van der Waals surface area contributed by atoms with Crippen LogP contribution in [0.15, 0.2) is 18.2 Å². The van der Waals surface area contributed by atoms with Gasteiger partial charge in [0.25, 0.3) is 0 Å². The van der Waals surface area contributed by atoms with E-state index in [1.807, 2.05) is 0 Å². The predicted molar refractivity (Wildman–Crippen MR) is 46.8 cm³/mol. The molecule has 3 N–H and O–H groups in total. The van der Waals surface area contributed by atoms with E-state index < -0.39 is 0 Å². The Morgan fingerprint density at radius 2 is 2.25 bits per heavy atom. The minimum Gasteiger partial charge on any atom is -0.387 e. The van der Waals surface area contributed by atoms with Crippen LogP contribution in [0.1, 0.15) is 11.1 Å². The fourth-order valence-corrected chi connectivity index (χ4v) is 1.05. The van der Waals surface area contributed by atoms with Gasteiger partial charge in [0.15, 0.2) is 0 Å². The Kier molecular flexibility index (Phi) is 2.43. The maximum absolute atomic E-state index is 13.2. The summed E-state index contributed by atoms with van der Waals surface area (Å²) in [6.45, 7) is 1.69.